The predicted molar refractivity (Wildman–Crippen MR) is 77.6 cm³/mol. The molecule has 0 fully saturated rings. The lowest BCUT2D eigenvalue weighted by Crippen LogP contribution is -2.02. The van der Waals surface area contributed by atoms with E-state index in [1.165, 1.54) is 21.9 Å². The van der Waals surface area contributed by atoms with Crippen LogP contribution in [0.25, 0.3) is 0 Å². The first-order chi connectivity index (χ1) is 9.10. The fourth-order valence-corrected chi connectivity index (χ4v) is 2.90. The molecule has 0 aliphatic heterocycles. The number of ether oxygens (including phenoxy) is 1. The second kappa shape index (κ2) is 6.37. The van der Waals surface area contributed by atoms with Crippen molar-refractivity contribution in [1.82, 2.24) is 5.32 Å². The number of thiophene rings is 1. The van der Waals surface area contributed by atoms with Gasteiger partial charge in [-0.1, -0.05) is 11.6 Å². The van der Waals surface area contributed by atoms with Gasteiger partial charge in [-0.15, -0.1) is 11.3 Å². The van der Waals surface area contributed by atoms with Gasteiger partial charge in [0.2, 0.25) is 0 Å². The summed E-state index contributed by atoms with van der Waals surface area (Å²) in [6, 6.07) is 6.59. The maximum Gasteiger partial charge on any atom is 0.145 e. The van der Waals surface area contributed by atoms with Crippen molar-refractivity contribution in [1.29, 1.82) is 0 Å². The van der Waals surface area contributed by atoms with Crippen LogP contribution in [-0.2, 0) is 13.2 Å². The molecule has 0 spiro atoms. The monoisotopic (exact) mass is 299 g/mol. The second-order valence-corrected chi connectivity index (χ2v) is 5.94. The number of aryl methyl sites for hydroxylation is 1. The average Bonchev–Trinajstić information content (AvgIpc) is 2.72. The van der Waals surface area contributed by atoms with Crippen LogP contribution in [-0.4, -0.2) is 7.05 Å². The molecular formula is C14H15ClFNOS. The van der Waals surface area contributed by atoms with Crippen molar-refractivity contribution < 1.29 is 9.13 Å². The van der Waals surface area contributed by atoms with Crippen molar-refractivity contribution in [3.05, 3.63) is 50.4 Å². The first-order valence-corrected chi connectivity index (χ1v) is 7.10. The largest absolute Gasteiger partial charge is 0.489 e. The van der Waals surface area contributed by atoms with E-state index in [0.29, 0.717) is 12.4 Å². The molecule has 0 atom stereocenters. The van der Waals surface area contributed by atoms with Crippen LogP contribution in [0.3, 0.4) is 0 Å². The lowest BCUT2D eigenvalue weighted by molar-refractivity contribution is 0.304. The summed E-state index contributed by atoms with van der Waals surface area (Å²) in [7, 11) is 1.92. The highest BCUT2D eigenvalue weighted by Crippen LogP contribution is 2.25. The number of nitrogens with one attached hydrogen (secondary N) is 1. The number of benzene rings is 1. The van der Waals surface area contributed by atoms with Gasteiger partial charge in [-0.25, -0.2) is 4.39 Å². The van der Waals surface area contributed by atoms with Crippen LogP contribution in [0.4, 0.5) is 4.39 Å². The van der Waals surface area contributed by atoms with Crippen molar-refractivity contribution in [2.45, 2.75) is 20.1 Å². The van der Waals surface area contributed by atoms with E-state index in [2.05, 4.69) is 18.3 Å². The zero-order chi connectivity index (χ0) is 13.8. The van der Waals surface area contributed by atoms with Gasteiger partial charge in [-0.3, -0.25) is 0 Å². The minimum atomic E-state index is -0.461. The van der Waals surface area contributed by atoms with E-state index in [1.807, 2.05) is 7.05 Å². The number of hydrogen-bond acceptors (Lipinski definition) is 3. The van der Waals surface area contributed by atoms with Gasteiger partial charge in [0, 0.05) is 27.9 Å². The molecular weight excluding hydrogens is 285 g/mol. The summed E-state index contributed by atoms with van der Waals surface area (Å²) in [5.74, 6) is 0.0275. The maximum atomic E-state index is 13.3. The molecule has 1 heterocycles. The summed E-state index contributed by atoms with van der Waals surface area (Å²) >= 11 is 7.37. The van der Waals surface area contributed by atoms with E-state index in [4.69, 9.17) is 16.3 Å². The first kappa shape index (κ1) is 14.3. The average molecular weight is 300 g/mol. The van der Waals surface area contributed by atoms with Gasteiger partial charge in [-0.05, 0) is 32.2 Å². The van der Waals surface area contributed by atoms with Crippen LogP contribution in [0, 0.1) is 12.7 Å². The third kappa shape index (κ3) is 3.69. The molecule has 102 valence electrons. The quantitative estimate of drug-likeness (QED) is 0.895. The predicted octanol–water partition coefficient (Wildman–Crippen LogP) is 4.15. The molecule has 0 aliphatic carbocycles. The number of halogens is 2. The van der Waals surface area contributed by atoms with E-state index in [0.717, 1.165) is 12.1 Å². The van der Waals surface area contributed by atoms with E-state index in [1.54, 1.807) is 17.4 Å². The molecule has 1 aromatic heterocycles. The molecule has 2 rings (SSSR count). The minimum Gasteiger partial charge on any atom is -0.489 e. The summed E-state index contributed by atoms with van der Waals surface area (Å²) in [6.07, 6.45) is 0. The summed E-state index contributed by atoms with van der Waals surface area (Å²) < 4.78 is 18.9. The molecule has 0 saturated carbocycles. The fraction of sp³-hybridized carbons (Fsp3) is 0.286. The molecule has 0 amide bonds. The van der Waals surface area contributed by atoms with Gasteiger partial charge in [0.15, 0.2) is 0 Å². The summed E-state index contributed by atoms with van der Waals surface area (Å²) in [5, 5.41) is 3.22. The molecule has 5 heteroatoms. The third-order valence-electron chi connectivity index (χ3n) is 2.71. The Hall–Kier alpha value is -1.10. The Balaban J connectivity index is 2.03. The zero-order valence-corrected chi connectivity index (χ0v) is 12.4. The highest BCUT2D eigenvalue weighted by molar-refractivity contribution is 7.12. The lowest BCUT2D eigenvalue weighted by Gasteiger charge is -2.06. The number of rotatable bonds is 5. The summed E-state index contributed by atoms with van der Waals surface area (Å²) in [4.78, 5) is 2.49. The highest BCUT2D eigenvalue weighted by Gasteiger charge is 2.07. The second-order valence-electron chi connectivity index (χ2n) is 4.19. The van der Waals surface area contributed by atoms with Crippen molar-refractivity contribution in [2.75, 3.05) is 7.05 Å². The smallest absolute Gasteiger partial charge is 0.145 e. The SMILES string of the molecule is CNCc1cc(COc2ccc(Cl)c(F)c2)c(C)s1. The van der Waals surface area contributed by atoms with E-state index >= 15 is 0 Å². The Morgan fingerprint density at radius 3 is 2.84 bits per heavy atom. The molecule has 2 nitrogen and oxygen atoms in total. The van der Waals surface area contributed by atoms with Crippen LogP contribution in [0.5, 0.6) is 5.75 Å². The summed E-state index contributed by atoms with van der Waals surface area (Å²) in [6.45, 7) is 3.35. The van der Waals surface area contributed by atoms with Crippen LogP contribution in [0.1, 0.15) is 15.3 Å². The molecule has 0 aliphatic rings. The molecule has 0 radical (unpaired) electrons. The standard InChI is InChI=1S/C14H15ClFNOS/c1-9-10(5-12(19-9)7-17-2)8-18-11-3-4-13(15)14(16)6-11/h3-6,17H,7-8H2,1-2H3. The van der Waals surface area contributed by atoms with Gasteiger partial charge in [0.1, 0.15) is 18.2 Å². The molecule has 0 unspecified atom stereocenters. The minimum absolute atomic E-state index is 0.107. The molecule has 0 bridgehead atoms. The zero-order valence-electron chi connectivity index (χ0n) is 10.8. The van der Waals surface area contributed by atoms with Gasteiger partial charge < -0.3 is 10.1 Å². The van der Waals surface area contributed by atoms with Crippen molar-refractivity contribution in [2.24, 2.45) is 0 Å². The highest BCUT2D eigenvalue weighted by atomic mass is 35.5. The molecule has 0 saturated heterocycles. The number of hydrogen-bond donors (Lipinski definition) is 1. The van der Waals surface area contributed by atoms with Crippen molar-refractivity contribution >= 4 is 22.9 Å². The van der Waals surface area contributed by atoms with E-state index in [-0.39, 0.29) is 5.02 Å². The Morgan fingerprint density at radius 1 is 1.37 bits per heavy atom. The molecule has 1 N–H and O–H groups in total. The van der Waals surface area contributed by atoms with Gasteiger partial charge in [0.05, 0.1) is 5.02 Å². The van der Waals surface area contributed by atoms with E-state index in [9.17, 15) is 4.39 Å². The first-order valence-electron chi connectivity index (χ1n) is 5.91. The Kier molecular flexibility index (Phi) is 4.80. The lowest BCUT2D eigenvalue weighted by atomic mass is 10.2. The Bertz CT molecular complexity index is 571. The topological polar surface area (TPSA) is 21.3 Å². The van der Waals surface area contributed by atoms with Crippen LogP contribution < -0.4 is 10.1 Å². The maximum absolute atomic E-state index is 13.3. The van der Waals surface area contributed by atoms with Gasteiger partial charge in [0.25, 0.3) is 0 Å². The third-order valence-corrected chi connectivity index (χ3v) is 4.11. The molecule has 19 heavy (non-hydrogen) atoms. The van der Waals surface area contributed by atoms with Crippen LogP contribution >= 0.6 is 22.9 Å². The van der Waals surface area contributed by atoms with Gasteiger partial charge in [-0.2, -0.15) is 0 Å². The molecule has 2 aromatic rings. The summed E-state index contributed by atoms with van der Waals surface area (Å²) in [5.41, 5.74) is 1.13. The van der Waals surface area contributed by atoms with Crippen molar-refractivity contribution in [3.8, 4) is 5.75 Å². The van der Waals surface area contributed by atoms with Gasteiger partial charge >= 0.3 is 0 Å². The fourth-order valence-electron chi connectivity index (χ4n) is 1.72. The Labute approximate surface area is 121 Å². The molecule has 1 aromatic carbocycles. The van der Waals surface area contributed by atoms with Crippen LogP contribution in [0.2, 0.25) is 5.02 Å². The Morgan fingerprint density at radius 2 is 2.16 bits per heavy atom. The van der Waals surface area contributed by atoms with Crippen molar-refractivity contribution in [3.63, 3.8) is 0 Å². The van der Waals surface area contributed by atoms with E-state index < -0.39 is 5.82 Å². The normalized spacial score (nSPS) is 10.7. The van der Waals surface area contributed by atoms with Crippen LogP contribution in [0.15, 0.2) is 24.3 Å².